The average Bonchev–Trinajstić information content (AvgIpc) is 2.77. The maximum Gasteiger partial charge on any atom is 0.227 e. The van der Waals surface area contributed by atoms with E-state index in [2.05, 4.69) is 10.6 Å². The number of hydrogen-bond acceptors (Lipinski definition) is 2. The van der Waals surface area contributed by atoms with Crippen molar-refractivity contribution in [2.75, 3.05) is 0 Å². The summed E-state index contributed by atoms with van der Waals surface area (Å²) in [5.41, 5.74) is 0.979. The van der Waals surface area contributed by atoms with Gasteiger partial charge in [-0.05, 0) is 50.3 Å². The zero-order chi connectivity index (χ0) is 14.1. The Morgan fingerprint density at radius 3 is 2.70 bits per heavy atom. The summed E-state index contributed by atoms with van der Waals surface area (Å²) < 4.78 is 0. The van der Waals surface area contributed by atoms with E-state index >= 15 is 0 Å². The molecule has 2 aliphatic heterocycles. The van der Waals surface area contributed by atoms with E-state index in [0.717, 1.165) is 18.4 Å². The van der Waals surface area contributed by atoms with Crippen molar-refractivity contribution in [2.24, 2.45) is 0 Å². The summed E-state index contributed by atoms with van der Waals surface area (Å²) >= 11 is 5.99. The van der Waals surface area contributed by atoms with E-state index in [9.17, 15) is 4.79 Å². The van der Waals surface area contributed by atoms with Crippen molar-refractivity contribution in [1.29, 1.82) is 0 Å². The maximum absolute atomic E-state index is 12.4. The molecule has 0 radical (unpaired) electrons. The second kappa shape index (κ2) is 5.74. The molecule has 3 unspecified atom stereocenters. The maximum atomic E-state index is 12.4. The molecule has 3 rings (SSSR count). The molecule has 0 aliphatic carbocycles. The highest BCUT2D eigenvalue weighted by molar-refractivity contribution is 6.30. The first-order valence-corrected chi connectivity index (χ1v) is 7.81. The fourth-order valence-electron chi connectivity index (χ4n) is 3.43. The number of nitrogens with one attached hydrogen (secondary N) is 2. The SMILES string of the molecule is CC(C(=O)NC1CC2CCC(C1)N2)c1cccc(Cl)c1. The zero-order valence-electron chi connectivity index (χ0n) is 11.7. The van der Waals surface area contributed by atoms with Crippen LogP contribution in [0.4, 0.5) is 0 Å². The number of halogens is 1. The molecule has 2 fully saturated rings. The third kappa shape index (κ3) is 2.99. The van der Waals surface area contributed by atoms with Crippen LogP contribution in [0.5, 0.6) is 0 Å². The molecule has 2 heterocycles. The van der Waals surface area contributed by atoms with Crippen LogP contribution in [-0.4, -0.2) is 24.0 Å². The quantitative estimate of drug-likeness (QED) is 0.899. The lowest BCUT2D eigenvalue weighted by Gasteiger charge is -2.30. The van der Waals surface area contributed by atoms with Gasteiger partial charge in [0.05, 0.1) is 5.92 Å². The molecule has 3 atom stereocenters. The van der Waals surface area contributed by atoms with Gasteiger partial charge in [0.25, 0.3) is 0 Å². The van der Waals surface area contributed by atoms with E-state index in [0.29, 0.717) is 23.1 Å². The standard InChI is InChI=1S/C16H21ClN2O/c1-10(11-3-2-4-12(17)7-11)16(20)19-15-8-13-5-6-14(9-15)18-13/h2-4,7,10,13-15,18H,5-6,8-9H2,1H3,(H,19,20). The van der Waals surface area contributed by atoms with Gasteiger partial charge in [-0.1, -0.05) is 23.7 Å². The molecule has 4 heteroatoms. The molecular weight excluding hydrogens is 272 g/mol. The van der Waals surface area contributed by atoms with Crippen LogP contribution in [0.15, 0.2) is 24.3 Å². The summed E-state index contributed by atoms with van der Waals surface area (Å²) in [6.45, 7) is 1.94. The minimum absolute atomic E-state index is 0.110. The number of hydrogen-bond donors (Lipinski definition) is 2. The van der Waals surface area contributed by atoms with Crippen molar-refractivity contribution >= 4 is 17.5 Å². The van der Waals surface area contributed by atoms with Crippen molar-refractivity contribution in [2.45, 2.75) is 56.7 Å². The summed E-state index contributed by atoms with van der Waals surface area (Å²) in [5.74, 6) is -0.0418. The molecule has 2 bridgehead atoms. The fraction of sp³-hybridized carbons (Fsp3) is 0.562. The first-order chi connectivity index (χ1) is 9.61. The lowest BCUT2D eigenvalue weighted by molar-refractivity contribution is -0.123. The summed E-state index contributed by atoms with van der Waals surface area (Å²) in [4.78, 5) is 12.4. The fourth-order valence-corrected chi connectivity index (χ4v) is 3.63. The van der Waals surface area contributed by atoms with Gasteiger partial charge >= 0.3 is 0 Å². The van der Waals surface area contributed by atoms with Crippen LogP contribution >= 0.6 is 11.6 Å². The van der Waals surface area contributed by atoms with Gasteiger partial charge in [0.15, 0.2) is 0 Å². The predicted octanol–water partition coefficient (Wildman–Crippen LogP) is 2.84. The molecular formula is C16H21ClN2O. The number of piperidine rings is 1. The van der Waals surface area contributed by atoms with Gasteiger partial charge in [0.2, 0.25) is 5.91 Å². The average molecular weight is 293 g/mol. The van der Waals surface area contributed by atoms with Crippen molar-refractivity contribution in [3.05, 3.63) is 34.9 Å². The smallest absolute Gasteiger partial charge is 0.227 e. The lowest BCUT2D eigenvalue weighted by Crippen LogP contribution is -2.48. The second-order valence-corrected chi connectivity index (χ2v) is 6.53. The van der Waals surface area contributed by atoms with Crippen molar-refractivity contribution in [3.8, 4) is 0 Å². The molecule has 2 saturated heterocycles. The van der Waals surface area contributed by atoms with Gasteiger partial charge < -0.3 is 10.6 Å². The molecule has 2 N–H and O–H groups in total. The molecule has 0 aromatic heterocycles. The van der Waals surface area contributed by atoms with E-state index in [1.807, 2.05) is 31.2 Å². The van der Waals surface area contributed by atoms with Gasteiger partial charge in [0.1, 0.15) is 0 Å². The largest absolute Gasteiger partial charge is 0.353 e. The highest BCUT2D eigenvalue weighted by Crippen LogP contribution is 2.27. The lowest BCUT2D eigenvalue weighted by atomic mass is 9.96. The number of amides is 1. The molecule has 20 heavy (non-hydrogen) atoms. The Morgan fingerprint density at radius 1 is 1.35 bits per heavy atom. The van der Waals surface area contributed by atoms with Gasteiger partial charge in [-0.2, -0.15) is 0 Å². The van der Waals surface area contributed by atoms with E-state index in [1.165, 1.54) is 12.8 Å². The highest BCUT2D eigenvalue weighted by Gasteiger charge is 2.34. The van der Waals surface area contributed by atoms with Gasteiger partial charge in [-0.15, -0.1) is 0 Å². The second-order valence-electron chi connectivity index (χ2n) is 6.09. The van der Waals surface area contributed by atoms with Crippen LogP contribution in [0.3, 0.4) is 0 Å². The Bertz CT molecular complexity index is 493. The van der Waals surface area contributed by atoms with E-state index in [1.54, 1.807) is 0 Å². The summed E-state index contributed by atoms with van der Waals surface area (Å²) in [5, 5.41) is 7.49. The van der Waals surface area contributed by atoms with Crippen LogP contribution in [0.2, 0.25) is 5.02 Å². The summed E-state index contributed by atoms with van der Waals surface area (Å²) in [6.07, 6.45) is 4.62. The summed E-state index contributed by atoms with van der Waals surface area (Å²) in [6, 6.07) is 9.08. The first kappa shape index (κ1) is 13.9. The molecule has 1 aromatic rings. The van der Waals surface area contributed by atoms with Crippen LogP contribution in [0.25, 0.3) is 0 Å². The Balaban J connectivity index is 1.61. The summed E-state index contributed by atoms with van der Waals surface area (Å²) in [7, 11) is 0. The van der Waals surface area contributed by atoms with Gasteiger partial charge in [0, 0.05) is 23.1 Å². The molecule has 1 amide bonds. The third-order valence-electron chi connectivity index (χ3n) is 4.56. The molecule has 0 saturated carbocycles. The topological polar surface area (TPSA) is 41.1 Å². The molecule has 3 nitrogen and oxygen atoms in total. The van der Waals surface area contributed by atoms with Crippen LogP contribution in [0.1, 0.15) is 44.1 Å². The van der Waals surface area contributed by atoms with Crippen molar-refractivity contribution < 1.29 is 4.79 Å². The predicted molar refractivity (Wildman–Crippen MR) is 81.0 cm³/mol. The van der Waals surface area contributed by atoms with Crippen molar-refractivity contribution in [3.63, 3.8) is 0 Å². The number of carbonyl (C=O) groups is 1. The zero-order valence-corrected chi connectivity index (χ0v) is 12.5. The molecule has 1 aromatic carbocycles. The van der Waals surface area contributed by atoms with E-state index < -0.39 is 0 Å². The third-order valence-corrected chi connectivity index (χ3v) is 4.80. The normalized spacial score (nSPS) is 30.0. The number of fused-ring (bicyclic) bond motifs is 2. The van der Waals surface area contributed by atoms with Crippen LogP contribution in [0, 0.1) is 0 Å². The van der Waals surface area contributed by atoms with E-state index in [-0.39, 0.29) is 11.8 Å². The minimum atomic E-state index is -0.152. The minimum Gasteiger partial charge on any atom is -0.353 e. The Labute approximate surface area is 125 Å². The van der Waals surface area contributed by atoms with Crippen LogP contribution < -0.4 is 10.6 Å². The van der Waals surface area contributed by atoms with Gasteiger partial charge in [-0.3, -0.25) is 4.79 Å². The Morgan fingerprint density at radius 2 is 2.05 bits per heavy atom. The number of benzene rings is 1. The Hall–Kier alpha value is -1.06. The Kier molecular flexibility index (Phi) is 3.99. The molecule has 0 spiro atoms. The molecule has 2 aliphatic rings. The van der Waals surface area contributed by atoms with Gasteiger partial charge in [-0.25, -0.2) is 0 Å². The monoisotopic (exact) mass is 292 g/mol. The highest BCUT2D eigenvalue weighted by atomic mass is 35.5. The van der Waals surface area contributed by atoms with E-state index in [4.69, 9.17) is 11.6 Å². The molecule has 108 valence electrons. The first-order valence-electron chi connectivity index (χ1n) is 7.43. The van der Waals surface area contributed by atoms with Crippen molar-refractivity contribution in [1.82, 2.24) is 10.6 Å². The number of carbonyl (C=O) groups excluding carboxylic acids is 1. The number of rotatable bonds is 3. The van der Waals surface area contributed by atoms with Crippen LogP contribution in [-0.2, 0) is 4.79 Å².